The molecule has 3 N–H and O–H groups in total. The van der Waals surface area contributed by atoms with Gasteiger partial charge in [-0.15, -0.1) is 0 Å². The molecule has 4 rings (SSSR count). The van der Waals surface area contributed by atoms with Crippen LogP contribution in [-0.4, -0.2) is 41.2 Å². The Kier molecular flexibility index (Phi) is 5.79. The fourth-order valence-electron chi connectivity index (χ4n) is 3.80. The van der Waals surface area contributed by atoms with E-state index in [-0.39, 0.29) is 23.6 Å². The van der Waals surface area contributed by atoms with Crippen molar-refractivity contribution in [1.29, 1.82) is 0 Å². The first-order chi connectivity index (χ1) is 15.7. The Balaban J connectivity index is 1.70. The highest BCUT2D eigenvalue weighted by molar-refractivity contribution is 6.07. The smallest absolute Gasteiger partial charge is 0.410 e. The molecule has 174 valence electrons. The Morgan fingerprint density at radius 2 is 1.94 bits per heavy atom. The zero-order chi connectivity index (χ0) is 23.8. The first kappa shape index (κ1) is 22.3. The van der Waals surface area contributed by atoms with Gasteiger partial charge in [0.1, 0.15) is 17.1 Å². The van der Waals surface area contributed by atoms with E-state index in [1.54, 1.807) is 24.3 Å². The van der Waals surface area contributed by atoms with Gasteiger partial charge >= 0.3 is 6.18 Å². The molecule has 2 aromatic carbocycles. The van der Waals surface area contributed by atoms with Gasteiger partial charge in [-0.25, -0.2) is 4.68 Å². The number of phenols is 1. The quantitative estimate of drug-likeness (QED) is 0.516. The second-order valence-electron chi connectivity index (χ2n) is 7.46. The van der Waals surface area contributed by atoms with E-state index in [1.807, 2.05) is 0 Å². The summed E-state index contributed by atoms with van der Waals surface area (Å²) in [5, 5.41) is 19.0. The van der Waals surface area contributed by atoms with Gasteiger partial charge in [0.05, 0.1) is 26.5 Å². The highest BCUT2D eigenvalue weighted by Gasteiger charge is 2.47. The first-order valence-electron chi connectivity index (χ1n) is 9.94. The Morgan fingerprint density at radius 1 is 1.18 bits per heavy atom. The van der Waals surface area contributed by atoms with Gasteiger partial charge in [-0.05, 0) is 29.8 Å². The molecule has 0 fully saturated rings. The van der Waals surface area contributed by atoms with Crippen molar-refractivity contribution in [3.8, 4) is 17.2 Å². The highest BCUT2D eigenvalue weighted by atomic mass is 19.4. The van der Waals surface area contributed by atoms with Crippen molar-refractivity contribution in [2.75, 3.05) is 24.9 Å². The summed E-state index contributed by atoms with van der Waals surface area (Å²) in [5.41, 5.74) is 0.769. The van der Waals surface area contributed by atoms with Gasteiger partial charge in [0.2, 0.25) is 0 Å². The third-order valence-electron chi connectivity index (χ3n) is 5.40. The van der Waals surface area contributed by atoms with Crippen LogP contribution in [0, 0.1) is 0 Å². The summed E-state index contributed by atoms with van der Waals surface area (Å²) >= 11 is 0. The maximum atomic E-state index is 13.9. The highest BCUT2D eigenvalue weighted by Crippen LogP contribution is 2.45. The number of nitrogens with one attached hydrogen (secondary N) is 2. The van der Waals surface area contributed by atoms with Crippen LogP contribution in [0.2, 0.25) is 0 Å². The number of carbonyl (C=O) groups excluding carboxylic acids is 1. The summed E-state index contributed by atoms with van der Waals surface area (Å²) in [4.78, 5) is 12.8. The monoisotopic (exact) mass is 462 g/mol. The molecule has 3 aromatic rings. The number of methoxy groups -OCH3 is 2. The van der Waals surface area contributed by atoms with Crippen LogP contribution < -0.4 is 20.1 Å². The van der Waals surface area contributed by atoms with E-state index in [0.717, 1.165) is 10.9 Å². The number of alkyl halides is 3. The molecule has 0 radical (unpaired) electrons. The lowest BCUT2D eigenvalue weighted by Crippen LogP contribution is -2.36. The van der Waals surface area contributed by atoms with E-state index in [2.05, 4.69) is 15.7 Å². The van der Waals surface area contributed by atoms with Gasteiger partial charge in [-0.1, -0.05) is 12.1 Å². The minimum atomic E-state index is -4.59. The molecule has 33 heavy (non-hydrogen) atoms. The summed E-state index contributed by atoms with van der Waals surface area (Å²) in [6.45, 7) is 0. The van der Waals surface area contributed by atoms with Crippen LogP contribution in [0.5, 0.6) is 17.2 Å². The fraction of sp³-hybridized carbons (Fsp3) is 0.273. The summed E-state index contributed by atoms with van der Waals surface area (Å²) in [7, 11) is 2.90. The third-order valence-corrected chi connectivity index (χ3v) is 5.40. The molecule has 0 spiro atoms. The number of hydrogen-bond donors (Lipinski definition) is 3. The minimum Gasteiger partial charge on any atom is -0.508 e. The molecule has 8 nitrogen and oxygen atoms in total. The first-order valence-corrected chi connectivity index (χ1v) is 9.94. The molecule has 0 saturated heterocycles. The van der Waals surface area contributed by atoms with Gasteiger partial charge in [0.15, 0.2) is 17.5 Å². The van der Waals surface area contributed by atoms with E-state index >= 15 is 0 Å². The number of aromatic nitrogens is 2. The van der Waals surface area contributed by atoms with E-state index in [9.17, 15) is 23.1 Å². The second-order valence-corrected chi connectivity index (χ2v) is 7.46. The lowest BCUT2D eigenvalue weighted by atomic mass is 9.96. The van der Waals surface area contributed by atoms with Crippen molar-refractivity contribution in [1.82, 2.24) is 9.78 Å². The summed E-state index contributed by atoms with van der Waals surface area (Å²) in [5.74, 6) is 0.0415. The number of nitrogens with zero attached hydrogens (tertiary/aromatic N) is 2. The minimum absolute atomic E-state index is 0.0546. The average Bonchev–Trinajstić information content (AvgIpc) is 3.21. The summed E-state index contributed by atoms with van der Waals surface area (Å²) in [6.07, 6.45) is -3.83. The van der Waals surface area contributed by atoms with Crippen LogP contribution in [0.25, 0.3) is 0 Å². The molecule has 2 atom stereocenters. The molecule has 1 amide bonds. The molecule has 11 heteroatoms. The number of anilines is 2. The van der Waals surface area contributed by atoms with Crippen LogP contribution in [0.4, 0.5) is 24.7 Å². The standard InChI is InChI=1S/C22H21F3N4O4/c1-32-17-7-6-12(8-18(17)33-2)16-10-19(22(23,24)25)29-20(28-16)15(11-26-29)21(31)27-13-4-3-5-14(30)9-13/h3-9,11,16,19,28,30H,10H2,1-2H3,(H,27,31)/t16-,19-/m1/s1. The largest absolute Gasteiger partial charge is 0.508 e. The lowest BCUT2D eigenvalue weighted by Gasteiger charge is -2.34. The topological polar surface area (TPSA) is 97.6 Å². The van der Waals surface area contributed by atoms with Gasteiger partial charge in [0, 0.05) is 18.2 Å². The molecular weight excluding hydrogens is 441 g/mol. The maximum Gasteiger partial charge on any atom is 0.410 e. The molecule has 1 aromatic heterocycles. The number of amides is 1. The summed E-state index contributed by atoms with van der Waals surface area (Å²) < 4.78 is 53.0. The zero-order valence-electron chi connectivity index (χ0n) is 17.7. The molecule has 1 aliphatic rings. The van der Waals surface area contributed by atoms with Crippen molar-refractivity contribution in [3.05, 3.63) is 59.8 Å². The Bertz CT molecular complexity index is 1180. The van der Waals surface area contributed by atoms with Crippen LogP contribution in [-0.2, 0) is 0 Å². The van der Waals surface area contributed by atoms with Gasteiger partial charge < -0.3 is 25.2 Å². The molecule has 0 aliphatic carbocycles. The van der Waals surface area contributed by atoms with E-state index < -0.39 is 24.2 Å². The molecule has 1 aliphatic heterocycles. The van der Waals surface area contributed by atoms with E-state index in [4.69, 9.17) is 9.47 Å². The van der Waals surface area contributed by atoms with Crippen molar-refractivity contribution in [2.24, 2.45) is 0 Å². The van der Waals surface area contributed by atoms with Gasteiger partial charge in [0.25, 0.3) is 5.91 Å². The van der Waals surface area contributed by atoms with Crippen LogP contribution >= 0.6 is 0 Å². The molecule has 0 unspecified atom stereocenters. The van der Waals surface area contributed by atoms with Crippen molar-refractivity contribution in [2.45, 2.75) is 24.7 Å². The number of ether oxygens (including phenoxy) is 2. The van der Waals surface area contributed by atoms with Gasteiger partial charge in [-0.3, -0.25) is 4.79 Å². The predicted molar refractivity (Wildman–Crippen MR) is 114 cm³/mol. The number of carbonyl (C=O) groups is 1. The Morgan fingerprint density at radius 3 is 2.61 bits per heavy atom. The van der Waals surface area contributed by atoms with Crippen LogP contribution in [0.1, 0.15) is 34.4 Å². The van der Waals surface area contributed by atoms with E-state index in [1.165, 1.54) is 32.4 Å². The van der Waals surface area contributed by atoms with E-state index in [0.29, 0.717) is 22.7 Å². The number of halogens is 3. The number of aromatic hydroxyl groups is 1. The summed E-state index contributed by atoms with van der Waals surface area (Å²) in [6, 6.07) is 7.98. The van der Waals surface area contributed by atoms with Crippen LogP contribution in [0.15, 0.2) is 48.7 Å². The van der Waals surface area contributed by atoms with Crippen LogP contribution in [0.3, 0.4) is 0 Å². The zero-order valence-corrected chi connectivity index (χ0v) is 17.7. The Hall–Kier alpha value is -3.89. The lowest BCUT2D eigenvalue weighted by molar-refractivity contribution is -0.173. The van der Waals surface area contributed by atoms with Gasteiger partial charge in [-0.2, -0.15) is 18.3 Å². The average molecular weight is 462 g/mol. The van der Waals surface area contributed by atoms with Crippen molar-refractivity contribution >= 4 is 17.4 Å². The molecule has 2 heterocycles. The predicted octanol–water partition coefficient (Wildman–Crippen LogP) is 4.52. The maximum absolute atomic E-state index is 13.9. The molecular formula is C22H21F3N4O4. The number of rotatable bonds is 5. The number of hydrogen-bond acceptors (Lipinski definition) is 6. The number of fused-ring (bicyclic) bond motifs is 1. The fourth-order valence-corrected chi connectivity index (χ4v) is 3.80. The molecule has 0 saturated carbocycles. The SMILES string of the molecule is COc1ccc([C@H]2C[C@H](C(F)(F)F)n3ncc(C(=O)Nc4cccc(O)c4)c3N2)cc1OC. The molecule has 0 bridgehead atoms. The second kappa shape index (κ2) is 8.57. The number of phenolic OH excluding ortho intramolecular Hbond substituents is 1. The Labute approximate surface area is 186 Å². The number of benzene rings is 2. The van der Waals surface area contributed by atoms with Crippen molar-refractivity contribution < 1.29 is 32.5 Å². The van der Waals surface area contributed by atoms with Crippen molar-refractivity contribution in [3.63, 3.8) is 0 Å². The third kappa shape index (κ3) is 4.38. The normalized spacial score (nSPS) is 17.6.